The van der Waals surface area contributed by atoms with Gasteiger partial charge in [-0.05, 0) is 41.8 Å². The van der Waals surface area contributed by atoms with Crippen LogP contribution < -0.4 is 11.1 Å². The lowest BCUT2D eigenvalue weighted by Gasteiger charge is -2.07. The van der Waals surface area contributed by atoms with E-state index in [2.05, 4.69) is 10.3 Å². The second-order valence-electron chi connectivity index (χ2n) is 5.98. The van der Waals surface area contributed by atoms with Gasteiger partial charge in [-0.15, -0.1) is 0 Å². The Hall–Kier alpha value is -2.54. The summed E-state index contributed by atoms with van der Waals surface area (Å²) in [5.41, 5.74) is 7.97. The van der Waals surface area contributed by atoms with Crippen molar-refractivity contribution in [2.24, 2.45) is 5.73 Å². The molecule has 1 unspecified atom stereocenters. The number of nitrogens with zero attached hydrogens (tertiary/aromatic N) is 1. The number of hydrogen-bond donors (Lipinski definition) is 3. The molecule has 1 aromatic heterocycles. The summed E-state index contributed by atoms with van der Waals surface area (Å²) in [7, 11) is 0. The lowest BCUT2D eigenvalue weighted by atomic mass is 10.1. The molecular weight excluding hydrogens is 389 g/mol. The van der Waals surface area contributed by atoms with Crippen LogP contribution in [0.1, 0.15) is 33.5 Å². The first-order chi connectivity index (χ1) is 12.9. The third-order valence-corrected chi connectivity index (χ3v) is 4.64. The zero-order chi connectivity index (χ0) is 19.4. The van der Waals surface area contributed by atoms with Gasteiger partial charge in [-0.25, -0.2) is 4.98 Å². The van der Waals surface area contributed by atoms with Gasteiger partial charge in [-0.3, -0.25) is 4.79 Å². The Balaban J connectivity index is 1.59. The molecule has 0 aliphatic heterocycles. The summed E-state index contributed by atoms with van der Waals surface area (Å²) >= 11 is 11.8. The SMILES string of the molecule is NC(Cc1ccc(O)cc1)c1nc(C(=O)NCc2ccc(Cl)c(Cl)c2)co1. The summed E-state index contributed by atoms with van der Waals surface area (Å²) in [6.07, 6.45) is 1.74. The summed E-state index contributed by atoms with van der Waals surface area (Å²) in [4.78, 5) is 16.4. The summed E-state index contributed by atoms with van der Waals surface area (Å²) in [6, 6.07) is 11.3. The van der Waals surface area contributed by atoms with Crippen LogP contribution in [0.3, 0.4) is 0 Å². The maximum absolute atomic E-state index is 12.2. The highest BCUT2D eigenvalue weighted by Gasteiger charge is 2.17. The van der Waals surface area contributed by atoms with Gasteiger partial charge in [0.05, 0.1) is 16.1 Å². The van der Waals surface area contributed by atoms with E-state index in [9.17, 15) is 9.90 Å². The van der Waals surface area contributed by atoms with Crippen molar-refractivity contribution in [2.75, 3.05) is 0 Å². The standard InChI is InChI=1S/C19H17Cl2N3O3/c20-14-6-3-12(7-15(14)21)9-23-18(26)17-10-27-19(24-17)16(22)8-11-1-4-13(25)5-2-11/h1-7,10,16,25H,8-9,22H2,(H,23,26). The Bertz CT molecular complexity index is 942. The maximum Gasteiger partial charge on any atom is 0.273 e. The van der Waals surface area contributed by atoms with Crippen LogP contribution in [-0.4, -0.2) is 16.0 Å². The number of phenols is 1. The molecular formula is C19H17Cl2N3O3. The smallest absolute Gasteiger partial charge is 0.273 e. The number of aromatic hydroxyl groups is 1. The molecule has 140 valence electrons. The topological polar surface area (TPSA) is 101 Å². The fraction of sp³-hybridized carbons (Fsp3) is 0.158. The fourth-order valence-electron chi connectivity index (χ4n) is 2.46. The third-order valence-electron chi connectivity index (χ3n) is 3.90. The monoisotopic (exact) mass is 405 g/mol. The average Bonchev–Trinajstić information content (AvgIpc) is 3.15. The number of phenolic OH excluding ortho intramolecular Hbond substituents is 1. The quantitative estimate of drug-likeness (QED) is 0.577. The average molecular weight is 406 g/mol. The van der Waals surface area contributed by atoms with Gasteiger partial charge in [-0.2, -0.15) is 0 Å². The minimum Gasteiger partial charge on any atom is -0.508 e. The van der Waals surface area contributed by atoms with Crippen LogP contribution in [0.25, 0.3) is 0 Å². The van der Waals surface area contributed by atoms with Crippen molar-refractivity contribution in [3.8, 4) is 5.75 Å². The normalized spacial score (nSPS) is 12.0. The molecule has 0 aliphatic carbocycles. The van der Waals surface area contributed by atoms with E-state index in [0.29, 0.717) is 16.5 Å². The second kappa shape index (κ2) is 8.43. The number of rotatable bonds is 6. The lowest BCUT2D eigenvalue weighted by Crippen LogP contribution is -2.23. The van der Waals surface area contributed by atoms with Crippen molar-refractivity contribution in [1.29, 1.82) is 0 Å². The fourth-order valence-corrected chi connectivity index (χ4v) is 2.78. The van der Waals surface area contributed by atoms with E-state index >= 15 is 0 Å². The number of hydrogen-bond acceptors (Lipinski definition) is 5. The van der Waals surface area contributed by atoms with Gasteiger partial charge >= 0.3 is 0 Å². The predicted molar refractivity (Wildman–Crippen MR) is 103 cm³/mol. The highest BCUT2D eigenvalue weighted by atomic mass is 35.5. The van der Waals surface area contributed by atoms with Gasteiger partial charge in [-0.1, -0.05) is 41.4 Å². The zero-order valence-corrected chi connectivity index (χ0v) is 15.7. The molecule has 1 amide bonds. The molecule has 0 spiro atoms. The summed E-state index contributed by atoms with van der Waals surface area (Å²) < 4.78 is 5.35. The molecule has 1 heterocycles. The summed E-state index contributed by atoms with van der Waals surface area (Å²) in [5.74, 6) is 0.0695. The van der Waals surface area contributed by atoms with E-state index in [1.165, 1.54) is 6.26 Å². The molecule has 0 saturated carbocycles. The van der Waals surface area contributed by atoms with Crippen molar-refractivity contribution in [1.82, 2.24) is 10.3 Å². The minimum atomic E-state index is -0.508. The molecule has 0 aliphatic rings. The Kier molecular flexibility index (Phi) is 6.01. The number of carbonyl (C=O) groups excluding carboxylic acids is 1. The first-order valence-electron chi connectivity index (χ1n) is 8.13. The molecule has 0 fully saturated rings. The molecule has 0 radical (unpaired) electrons. The molecule has 27 heavy (non-hydrogen) atoms. The van der Waals surface area contributed by atoms with Crippen LogP contribution >= 0.6 is 23.2 Å². The Labute approximate surface area is 165 Å². The van der Waals surface area contributed by atoms with E-state index in [1.54, 1.807) is 42.5 Å². The number of nitrogens with one attached hydrogen (secondary N) is 1. The molecule has 2 aromatic carbocycles. The van der Waals surface area contributed by atoms with E-state index in [0.717, 1.165) is 11.1 Å². The number of nitrogens with two attached hydrogens (primary N) is 1. The van der Waals surface area contributed by atoms with Crippen molar-refractivity contribution >= 4 is 29.1 Å². The highest BCUT2D eigenvalue weighted by molar-refractivity contribution is 6.42. The number of halogens is 2. The summed E-state index contributed by atoms with van der Waals surface area (Å²) in [6.45, 7) is 0.275. The zero-order valence-electron chi connectivity index (χ0n) is 14.2. The molecule has 8 heteroatoms. The number of oxazole rings is 1. The summed E-state index contributed by atoms with van der Waals surface area (Å²) in [5, 5.41) is 12.9. The van der Waals surface area contributed by atoms with Crippen LogP contribution in [0.5, 0.6) is 5.75 Å². The van der Waals surface area contributed by atoms with Crippen LogP contribution in [0.4, 0.5) is 0 Å². The van der Waals surface area contributed by atoms with Gasteiger partial charge in [0, 0.05) is 6.54 Å². The largest absolute Gasteiger partial charge is 0.508 e. The first kappa shape index (κ1) is 19.2. The Morgan fingerprint density at radius 2 is 1.85 bits per heavy atom. The van der Waals surface area contributed by atoms with E-state index < -0.39 is 6.04 Å². The number of carbonyl (C=O) groups is 1. The van der Waals surface area contributed by atoms with Gasteiger partial charge in [0.2, 0.25) is 5.89 Å². The van der Waals surface area contributed by atoms with Crippen molar-refractivity contribution in [3.05, 3.63) is 81.5 Å². The minimum absolute atomic E-state index is 0.145. The number of benzene rings is 2. The van der Waals surface area contributed by atoms with E-state index in [1.807, 2.05) is 0 Å². The van der Waals surface area contributed by atoms with Gasteiger partial charge in [0.15, 0.2) is 5.69 Å². The van der Waals surface area contributed by atoms with Gasteiger partial charge < -0.3 is 20.6 Å². The maximum atomic E-state index is 12.2. The molecule has 4 N–H and O–H groups in total. The van der Waals surface area contributed by atoms with Crippen molar-refractivity contribution in [3.63, 3.8) is 0 Å². The van der Waals surface area contributed by atoms with Crippen LogP contribution in [-0.2, 0) is 13.0 Å². The van der Waals surface area contributed by atoms with Crippen LogP contribution in [0.15, 0.2) is 53.1 Å². The molecule has 1 atom stereocenters. The lowest BCUT2D eigenvalue weighted by molar-refractivity contribution is 0.0946. The van der Waals surface area contributed by atoms with E-state index in [4.69, 9.17) is 33.4 Å². The number of aromatic nitrogens is 1. The number of amides is 1. The van der Waals surface area contributed by atoms with E-state index in [-0.39, 0.29) is 29.8 Å². The van der Waals surface area contributed by atoms with Crippen LogP contribution in [0, 0.1) is 0 Å². The Morgan fingerprint density at radius 3 is 2.56 bits per heavy atom. The highest BCUT2D eigenvalue weighted by Crippen LogP contribution is 2.22. The second-order valence-corrected chi connectivity index (χ2v) is 6.79. The Morgan fingerprint density at radius 1 is 1.15 bits per heavy atom. The molecule has 3 aromatic rings. The third kappa shape index (κ3) is 5.01. The predicted octanol–water partition coefficient (Wildman–Crippen LogP) is 3.86. The van der Waals surface area contributed by atoms with Crippen molar-refractivity contribution < 1.29 is 14.3 Å². The first-order valence-corrected chi connectivity index (χ1v) is 8.89. The molecule has 0 saturated heterocycles. The van der Waals surface area contributed by atoms with Gasteiger partial charge in [0.1, 0.15) is 12.0 Å². The van der Waals surface area contributed by atoms with Gasteiger partial charge in [0.25, 0.3) is 5.91 Å². The van der Waals surface area contributed by atoms with Crippen molar-refractivity contribution in [2.45, 2.75) is 19.0 Å². The van der Waals surface area contributed by atoms with Crippen LogP contribution in [0.2, 0.25) is 10.0 Å². The molecule has 0 bridgehead atoms. The molecule has 3 rings (SSSR count). The molecule has 6 nitrogen and oxygen atoms in total.